The Bertz CT molecular complexity index is 1040. The lowest BCUT2D eigenvalue weighted by Crippen LogP contribution is -2.44. The summed E-state index contributed by atoms with van der Waals surface area (Å²) in [6, 6.07) is 2.60. The first-order valence-corrected chi connectivity index (χ1v) is 10.3. The number of aromatic amines is 1. The summed E-state index contributed by atoms with van der Waals surface area (Å²) in [5.74, 6) is -8.55. The van der Waals surface area contributed by atoms with Crippen LogP contribution in [0.15, 0.2) is 23.0 Å². The van der Waals surface area contributed by atoms with Gasteiger partial charge in [0.05, 0.1) is 30.9 Å². The molecule has 0 aliphatic heterocycles. The maximum absolute atomic E-state index is 14.9. The van der Waals surface area contributed by atoms with Crippen LogP contribution in [0.3, 0.4) is 0 Å². The number of benzene rings is 1. The van der Waals surface area contributed by atoms with E-state index >= 15 is 0 Å². The number of halogens is 3. The van der Waals surface area contributed by atoms with E-state index in [0.29, 0.717) is 6.07 Å². The predicted molar refractivity (Wildman–Crippen MR) is 110 cm³/mol. The molecule has 1 aromatic carbocycles. The number of carbonyl (C=O) groups excluding carboxylic acids is 2. The molecule has 11 heteroatoms. The Balaban J connectivity index is 2.82. The summed E-state index contributed by atoms with van der Waals surface area (Å²) in [5, 5.41) is 0. The number of carbonyl (C=O) groups is 2. The molecule has 0 aliphatic rings. The molecule has 0 aliphatic carbocycles. The van der Waals surface area contributed by atoms with Gasteiger partial charge in [0.25, 0.3) is 5.56 Å². The highest BCUT2D eigenvalue weighted by Gasteiger charge is 2.45. The van der Waals surface area contributed by atoms with Crippen molar-refractivity contribution in [3.63, 3.8) is 0 Å². The number of ether oxygens (including phenoxy) is 3. The van der Waals surface area contributed by atoms with Crippen molar-refractivity contribution < 1.29 is 37.0 Å². The maximum Gasteiger partial charge on any atom is 0.323 e. The van der Waals surface area contributed by atoms with Crippen molar-refractivity contribution in [3.05, 3.63) is 63.1 Å². The average Bonchev–Trinajstić information content (AvgIpc) is 2.74. The van der Waals surface area contributed by atoms with E-state index in [0.717, 1.165) is 12.1 Å². The summed E-state index contributed by atoms with van der Waals surface area (Å²) < 4.78 is 58.2. The van der Waals surface area contributed by atoms with E-state index in [2.05, 4.69) is 9.97 Å². The summed E-state index contributed by atoms with van der Waals surface area (Å²) in [6.45, 7) is 5.62. The molecule has 2 atom stereocenters. The first kappa shape index (κ1) is 26.0. The monoisotopic (exact) mass is 470 g/mol. The van der Waals surface area contributed by atoms with Crippen molar-refractivity contribution in [1.82, 2.24) is 9.97 Å². The molecule has 0 saturated carbocycles. The van der Waals surface area contributed by atoms with Crippen molar-refractivity contribution in [1.29, 1.82) is 0 Å². The zero-order valence-corrected chi connectivity index (χ0v) is 18.6. The summed E-state index contributed by atoms with van der Waals surface area (Å²) in [4.78, 5) is 43.8. The number of H-pyrrole nitrogens is 1. The highest BCUT2D eigenvalue weighted by molar-refractivity contribution is 5.96. The van der Waals surface area contributed by atoms with Gasteiger partial charge in [0.15, 0.2) is 5.92 Å². The van der Waals surface area contributed by atoms with Crippen molar-refractivity contribution in [2.75, 3.05) is 19.8 Å². The molecular formula is C22H25F3N2O6. The number of esters is 2. The Hall–Kier alpha value is -3.21. The zero-order valence-electron chi connectivity index (χ0n) is 18.6. The smallest absolute Gasteiger partial charge is 0.323 e. The molecule has 1 heterocycles. The van der Waals surface area contributed by atoms with E-state index in [1.165, 1.54) is 20.8 Å². The van der Waals surface area contributed by atoms with Gasteiger partial charge in [-0.3, -0.25) is 14.4 Å². The number of hydrogen-bond acceptors (Lipinski definition) is 7. The van der Waals surface area contributed by atoms with Crippen LogP contribution < -0.4 is 5.56 Å². The second-order valence-electron chi connectivity index (χ2n) is 6.90. The van der Waals surface area contributed by atoms with Crippen molar-refractivity contribution in [3.8, 4) is 0 Å². The fraction of sp³-hybridized carbons (Fsp3) is 0.455. The lowest BCUT2D eigenvalue weighted by molar-refractivity contribution is -0.169. The molecule has 1 aromatic heterocycles. The molecule has 0 bridgehead atoms. The molecule has 33 heavy (non-hydrogen) atoms. The first-order valence-electron chi connectivity index (χ1n) is 10.3. The molecule has 180 valence electrons. The number of nitrogens with one attached hydrogen (secondary N) is 1. The number of hydrogen-bond donors (Lipinski definition) is 1. The minimum absolute atomic E-state index is 0.0519. The number of aryl methyl sites for hydroxylation is 1. The number of aromatic nitrogens is 2. The Kier molecular flexibility index (Phi) is 9.15. The molecule has 2 unspecified atom stereocenters. The van der Waals surface area contributed by atoms with Crippen LogP contribution in [-0.4, -0.2) is 47.8 Å². The Morgan fingerprint density at radius 3 is 2.12 bits per heavy atom. The van der Waals surface area contributed by atoms with Crippen LogP contribution in [-0.2, 0) is 23.8 Å². The van der Waals surface area contributed by atoms with Crippen LogP contribution in [0.2, 0.25) is 0 Å². The third-order valence-corrected chi connectivity index (χ3v) is 4.74. The van der Waals surface area contributed by atoms with Gasteiger partial charge in [0.2, 0.25) is 5.82 Å². The third kappa shape index (κ3) is 5.98. The first-order chi connectivity index (χ1) is 15.7. The van der Waals surface area contributed by atoms with Gasteiger partial charge in [0, 0.05) is 18.2 Å². The highest BCUT2D eigenvalue weighted by atomic mass is 19.1. The fourth-order valence-corrected chi connectivity index (χ4v) is 3.38. The molecule has 0 radical (unpaired) electrons. The molecule has 0 fully saturated rings. The van der Waals surface area contributed by atoms with E-state index < -0.39 is 52.9 Å². The average molecular weight is 470 g/mol. The molecule has 0 amide bonds. The van der Waals surface area contributed by atoms with Crippen LogP contribution in [0.1, 0.15) is 43.8 Å². The molecule has 0 spiro atoms. The fourth-order valence-electron chi connectivity index (χ4n) is 3.38. The standard InChI is InChI=1S/C22H25F3N2O6/c1-5-31-18(16(21(29)32-6-2)22(30)33-7-3)15(13-9-8-12(23)10-14(13)24)19-26-11(4)17(25)20(28)27-19/h8-10,15-16,18H,5-7H2,1-4H3,(H,26,27,28). The van der Waals surface area contributed by atoms with E-state index in [-0.39, 0.29) is 36.9 Å². The topological polar surface area (TPSA) is 108 Å². The molecule has 2 aromatic rings. The van der Waals surface area contributed by atoms with E-state index in [4.69, 9.17) is 14.2 Å². The van der Waals surface area contributed by atoms with E-state index in [9.17, 15) is 27.6 Å². The Morgan fingerprint density at radius 1 is 1.03 bits per heavy atom. The van der Waals surface area contributed by atoms with Gasteiger partial charge in [-0.2, -0.15) is 4.39 Å². The highest BCUT2D eigenvalue weighted by Crippen LogP contribution is 2.35. The van der Waals surface area contributed by atoms with Crippen LogP contribution in [0.5, 0.6) is 0 Å². The molecule has 0 saturated heterocycles. The summed E-state index contributed by atoms with van der Waals surface area (Å²) in [6.07, 6.45) is -1.50. The van der Waals surface area contributed by atoms with Gasteiger partial charge in [-0.05, 0) is 33.8 Å². The van der Waals surface area contributed by atoms with Gasteiger partial charge in [-0.15, -0.1) is 0 Å². The van der Waals surface area contributed by atoms with E-state index in [1.54, 1.807) is 6.92 Å². The summed E-state index contributed by atoms with van der Waals surface area (Å²) in [5.41, 5.74) is -1.70. The largest absolute Gasteiger partial charge is 0.465 e. The molecule has 2 rings (SSSR count). The summed E-state index contributed by atoms with van der Waals surface area (Å²) in [7, 11) is 0. The van der Waals surface area contributed by atoms with Crippen LogP contribution in [0.4, 0.5) is 13.2 Å². The lowest BCUT2D eigenvalue weighted by atomic mass is 9.84. The number of nitrogens with zero attached hydrogens (tertiary/aromatic N) is 1. The molecule has 8 nitrogen and oxygen atoms in total. The Labute approximate surface area is 188 Å². The van der Waals surface area contributed by atoms with Gasteiger partial charge in [-0.1, -0.05) is 6.07 Å². The normalized spacial score (nSPS) is 13.0. The van der Waals surface area contributed by atoms with Crippen LogP contribution >= 0.6 is 0 Å². The van der Waals surface area contributed by atoms with Gasteiger partial charge < -0.3 is 19.2 Å². The maximum atomic E-state index is 14.9. The SMILES string of the molecule is CCOC(=O)C(C(=O)OCC)C(OCC)C(c1nc(C)c(F)c(=O)[nH]1)c1ccc(F)cc1F. The second-order valence-corrected chi connectivity index (χ2v) is 6.90. The minimum Gasteiger partial charge on any atom is -0.465 e. The zero-order chi connectivity index (χ0) is 24.7. The van der Waals surface area contributed by atoms with Gasteiger partial charge in [0.1, 0.15) is 17.5 Å². The van der Waals surface area contributed by atoms with Crippen LogP contribution in [0, 0.1) is 30.3 Å². The Morgan fingerprint density at radius 2 is 1.64 bits per heavy atom. The van der Waals surface area contributed by atoms with Gasteiger partial charge >= 0.3 is 11.9 Å². The quantitative estimate of drug-likeness (QED) is 0.420. The molecule has 1 N–H and O–H groups in total. The number of rotatable bonds is 10. The second kappa shape index (κ2) is 11.6. The minimum atomic E-state index is -1.71. The predicted octanol–water partition coefficient (Wildman–Crippen LogP) is 2.78. The van der Waals surface area contributed by atoms with Crippen LogP contribution in [0.25, 0.3) is 0 Å². The van der Waals surface area contributed by atoms with Gasteiger partial charge in [-0.25, -0.2) is 13.8 Å². The lowest BCUT2D eigenvalue weighted by Gasteiger charge is -2.31. The third-order valence-electron chi connectivity index (χ3n) is 4.74. The van der Waals surface area contributed by atoms with Crippen molar-refractivity contribution in [2.24, 2.45) is 5.92 Å². The molecular weight excluding hydrogens is 445 g/mol. The van der Waals surface area contributed by atoms with E-state index in [1.807, 2.05) is 0 Å². The summed E-state index contributed by atoms with van der Waals surface area (Å²) >= 11 is 0. The van der Waals surface area contributed by atoms with Crippen molar-refractivity contribution in [2.45, 2.75) is 39.7 Å². The van der Waals surface area contributed by atoms with Crippen molar-refractivity contribution >= 4 is 11.9 Å².